The summed E-state index contributed by atoms with van der Waals surface area (Å²) < 4.78 is 2.40. The number of hydrogen-bond acceptors (Lipinski definition) is 2. The maximum Gasteiger partial charge on any atom is 0.152 e. The first kappa shape index (κ1) is 20.5. The Hall–Kier alpha value is -3.43. The highest BCUT2D eigenvalue weighted by molar-refractivity contribution is 5.89. The molecule has 0 radical (unpaired) electrons. The van der Waals surface area contributed by atoms with Gasteiger partial charge in [0, 0.05) is 43.4 Å². The summed E-state index contributed by atoms with van der Waals surface area (Å²) in [7, 11) is 0. The third kappa shape index (κ3) is 3.92. The fraction of sp³-hybridized carbons (Fsp3) is 0.207. The fourth-order valence-electron chi connectivity index (χ4n) is 5.13. The lowest BCUT2D eigenvalue weighted by atomic mass is 9.94. The van der Waals surface area contributed by atoms with Gasteiger partial charge in [-0.2, -0.15) is 0 Å². The van der Waals surface area contributed by atoms with Gasteiger partial charge in [0.25, 0.3) is 0 Å². The quantitative estimate of drug-likeness (QED) is 0.350. The second kappa shape index (κ2) is 8.97. The molecule has 0 bridgehead atoms. The molecule has 2 heterocycles. The summed E-state index contributed by atoms with van der Waals surface area (Å²) in [5, 5.41) is 0. The largest absolute Gasteiger partial charge is 0.339 e. The lowest BCUT2D eigenvalue weighted by Gasteiger charge is -2.33. The zero-order valence-electron chi connectivity index (χ0n) is 18.4. The van der Waals surface area contributed by atoms with Crippen molar-refractivity contribution < 1.29 is 4.79 Å². The average Bonchev–Trinajstić information content (AvgIpc) is 3.14. The molecule has 5 rings (SSSR count). The van der Waals surface area contributed by atoms with Crippen molar-refractivity contribution in [3.63, 3.8) is 0 Å². The van der Waals surface area contributed by atoms with Crippen LogP contribution in [-0.2, 0) is 19.6 Å². The van der Waals surface area contributed by atoms with Gasteiger partial charge in [0.15, 0.2) is 6.29 Å². The Balaban J connectivity index is 1.62. The molecule has 1 unspecified atom stereocenters. The molecule has 1 aliphatic heterocycles. The number of nitrogens with zero attached hydrogens (tertiary/aromatic N) is 2. The molecule has 0 saturated carbocycles. The lowest BCUT2D eigenvalue weighted by molar-refractivity contribution is 0.112. The highest BCUT2D eigenvalue weighted by Gasteiger charge is 2.32. The van der Waals surface area contributed by atoms with Crippen LogP contribution >= 0.6 is 0 Å². The minimum atomic E-state index is 0.335. The van der Waals surface area contributed by atoms with Crippen LogP contribution < -0.4 is 0 Å². The average molecular weight is 421 g/mol. The molecule has 0 aliphatic carbocycles. The van der Waals surface area contributed by atoms with E-state index in [-0.39, 0.29) is 0 Å². The smallest absolute Gasteiger partial charge is 0.152 e. The van der Waals surface area contributed by atoms with Crippen LogP contribution in [0.5, 0.6) is 0 Å². The van der Waals surface area contributed by atoms with E-state index in [9.17, 15) is 4.79 Å². The van der Waals surface area contributed by atoms with Crippen molar-refractivity contribution in [1.29, 1.82) is 0 Å². The third-order valence-electron chi connectivity index (χ3n) is 6.43. The number of aldehydes is 1. The molecule has 160 valence electrons. The van der Waals surface area contributed by atoms with E-state index < -0.39 is 0 Å². The van der Waals surface area contributed by atoms with Crippen molar-refractivity contribution in [2.75, 3.05) is 6.54 Å². The van der Waals surface area contributed by atoms with Gasteiger partial charge in [-0.3, -0.25) is 9.69 Å². The van der Waals surface area contributed by atoms with E-state index >= 15 is 0 Å². The maximum atomic E-state index is 12.5. The number of aromatic nitrogens is 1. The zero-order chi connectivity index (χ0) is 21.9. The Kier molecular flexibility index (Phi) is 5.74. The topological polar surface area (TPSA) is 25.2 Å². The zero-order valence-corrected chi connectivity index (χ0v) is 18.4. The van der Waals surface area contributed by atoms with Crippen molar-refractivity contribution in [2.45, 2.75) is 32.5 Å². The first-order valence-electron chi connectivity index (χ1n) is 11.3. The van der Waals surface area contributed by atoms with E-state index in [1.54, 1.807) is 0 Å². The van der Waals surface area contributed by atoms with E-state index in [0.717, 1.165) is 49.3 Å². The molecule has 1 aromatic heterocycles. The number of hydrogen-bond donors (Lipinski definition) is 0. The van der Waals surface area contributed by atoms with Gasteiger partial charge in [-0.15, -0.1) is 0 Å². The molecule has 4 aromatic rings. The molecule has 1 atom stereocenters. The lowest BCUT2D eigenvalue weighted by Crippen LogP contribution is -2.33. The van der Waals surface area contributed by atoms with Crippen LogP contribution in [-0.4, -0.2) is 22.3 Å². The van der Waals surface area contributed by atoms with Crippen LogP contribution in [0.4, 0.5) is 0 Å². The summed E-state index contributed by atoms with van der Waals surface area (Å²) in [5.74, 6) is 0.335. The SMILES string of the molecule is CC1CN(Cc2ccccc2)Cc2c(C=O)c(-c3ccccc3)n(Cc3ccccc3)c21. The predicted molar refractivity (Wildman–Crippen MR) is 130 cm³/mol. The Bertz CT molecular complexity index is 1200. The van der Waals surface area contributed by atoms with Crippen LogP contribution in [0.3, 0.4) is 0 Å². The van der Waals surface area contributed by atoms with Crippen LogP contribution in [0.2, 0.25) is 0 Å². The van der Waals surface area contributed by atoms with Crippen molar-refractivity contribution in [1.82, 2.24) is 9.47 Å². The highest BCUT2D eigenvalue weighted by atomic mass is 16.1. The first-order chi connectivity index (χ1) is 15.7. The summed E-state index contributed by atoms with van der Waals surface area (Å²) in [4.78, 5) is 14.9. The van der Waals surface area contributed by atoms with Gasteiger partial charge in [-0.1, -0.05) is 97.9 Å². The molecule has 0 amide bonds. The van der Waals surface area contributed by atoms with E-state index in [4.69, 9.17) is 0 Å². The fourth-order valence-corrected chi connectivity index (χ4v) is 5.13. The molecule has 3 aromatic carbocycles. The molecule has 0 N–H and O–H groups in total. The third-order valence-corrected chi connectivity index (χ3v) is 6.43. The summed E-state index contributed by atoms with van der Waals surface area (Å²) in [5.41, 5.74) is 8.03. The Morgan fingerprint density at radius 3 is 1.97 bits per heavy atom. The Morgan fingerprint density at radius 2 is 1.38 bits per heavy atom. The van der Waals surface area contributed by atoms with Gasteiger partial charge in [-0.05, 0) is 22.3 Å². The van der Waals surface area contributed by atoms with Crippen molar-refractivity contribution in [3.8, 4) is 11.3 Å². The number of benzene rings is 3. The van der Waals surface area contributed by atoms with Crippen LogP contribution in [0, 0.1) is 0 Å². The van der Waals surface area contributed by atoms with E-state index in [0.29, 0.717) is 5.92 Å². The number of rotatable bonds is 6. The van der Waals surface area contributed by atoms with Gasteiger partial charge in [0.05, 0.1) is 5.69 Å². The molecule has 0 saturated heterocycles. The van der Waals surface area contributed by atoms with Crippen LogP contribution in [0.25, 0.3) is 11.3 Å². The van der Waals surface area contributed by atoms with Gasteiger partial charge >= 0.3 is 0 Å². The highest BCUT2D eigenvalue weighted by Crippen LogP contribution is 2.39. The minimum Gasteiger partial charge on any atom is -0.339 e. The molecule has 32 heavy (non-hydrogen) atoms. The van der Waals surface area contributed by atoms with Gasteiger partial charge in [0.2, 0.25) is 0 Å². The number of carbonyl (C=O) groups excluding carboxylic acids is 1. The second-order valence-corrected chi connectivity index (χ2v) is 8.74. The van der Waals surface area contributed by atoms with Crippen LogP contribution in [0.1, 0.15) is 45.6 Å². The molecular formula is C29H28N2O. The molecule has 3 heteroatoms. The first-order valence-corrected chi connectivity index (χ1v) is 11.3. The molecule has 1 aliphatic rings. The van der Waals surface area contributed by atoms with Gasteiger partial charge in [0.1, 0.15) is 0 Å². The molecular weight excluding hydrogens is 392 g/mol. The summed E-state index contributed by atoms with van der Waals surface area (Å²) >= 11 is 0. The molecule has 0 spiro atoms. The number of carbonyl (C=O) groups is 1. The van der Waals surface area contributed by atoms with Crippen LogP contribution in [0.15, 0.2) is 91.0 Å². The minimum absolute atomic E-state index is 0.335. The van der Waals surface area contributed by atoms with Crippen molar-refractivity contribution in [3.05, 3.63) is 119 Å². The van der Waals surface area contributed by atoms with E-state index in [2.05, 4.69) is 83.1 Å². The second-order valence-electron chi connectivity index (χ2n) is 8.74. The van der Waals surface area contributed by atoms with E-state index in [1.165, 1.54) is 22.4 Å². The van der Waals surface area contributed by atoms with Gasteiger partial charge < -0.3 is 4.57 Å². The normalized spacial score (nSPS) is 16.0. The Morgan fingerprint density at radius 1 is 0.812 bits per heavy atom. The number of fused-ring (bicyclic) bond motifs is 1. The summed E-state index contributed by atoms with van der Waals surface area (Å²) in [6.07, 6.45) is 1.07. The maximum absolute atomic E-state index is 12.5. The molecule has 0 fully saturated rings. The van der Waals surface area contributed by atoms with Crippen molar-refractivity contribution in [2.24, 2.45) is 0 Å². The monoisotopic (exact) mass is 420 g/mol. The Labute approximate surface area is 189 Å². The standard InChI is InChI=1S/C29H28N2O/c1-22-17-30(18-23-11-5-2-6-12-23)20-26-27(21-32)29(25-15-9-4-10-16-25)31(28(22)26)19-24-13-7-3-8-14-24/h2-16,21-22H,17-20H2,1H3. The van der Waals surface area contributed by atoms with Crippen molar-refractivity contribution >= 4 is 6.29 Å². The summed E-state index contributed by atoms with van der Waals surface area (Å²) in [6, 6.07) is 31.5. The van der Waals surface area contributed by atoms with E-state index in [1.807, 2.05) is 24.3 Å². The summed E-state index contributed by atoms with van der Waals surface area (Å²) in [6.45, 7) is 5.73. The molecule has 3 nitrogen and oxygen atoms in total. The predicted octanol–water partition coefficient (Wildman–Crippen LogP) is 6.14. The van der Waals surface area contributed by atoms with Gasteiger partial charge in [-0.25, -0.2) is 0 Å².